The van der Waals surface area contributed by atoms with Gasteiger partial charge < -0.3 is 9.47 Å². The molecule has 5 heteroatoms. The van der Waals surface area contributed by atoms with Gasteiger partial charge in [-0.2, -0.15) is 0 Å². The van der Waals surface area contributed by atoms with Gasteiger partial charge in [0.1, 0.15) is 5.75 Å². The summed E-state index contributed by atoms with van der Waals surface area (Å²) >= 11 is 9.24. The highest BCUT2D eigenvalue weighted by atomic mass is 79.9. The number of hydrogen-bond acceptors (Lipinski definition) is 3. The standard InChI is InChI=1S/C11H12BrClO3/c1-7(11(14)15-2)16-10-4-8(6-12)3-9(13)5-10/h3-5,7H,6H2,1-2H3. The third-order valence-electron chi connectivity index (χ3n) is 1.93. The van der Waals surface area contributed by atoms with Crippen LogP contribution >= 0.6 is 27.5 Å². The average Bonchev–Trinajstić information content (AvgIpc) is 2.26. The van der Waals surface area contributed by atoms with E-state index >= 15 is 0 Å². The van der Waals surface area contributed by atoms with E-state index in [1.165, 1.54) is 7.11 Å². The number of rotatable bonds is 4. The van der Waals surface area contributed by atoms with Gasteiger partial charge in [-0.3, -0.25) is 0 Å². The second-order valence-corrected chi connectivity index (χ2v) is 4.21. The molecule has 1 rings (SSSR count). The van der Waals surface area contributed by atoms with Gasteiger partial charge in [0, 0.05) is 10.4 Å². The van der Waals surface area contributed by atoms with E-state index in [4.69, 9.17) is 16.3 Å². The molecule has 1 atom stereocenters. The molecule has 16 heavy (non-hydrogen) atoms. The average molecular weight is 308 g/mol. The van der Waals surface area contributed by atoms with E-state index in [1.807, 2.05) is 12.1 Å². The van der Waals surface area contributed by atoms with Crippen molar-refractivity contribution in [2.45, 2.75) is 18.4 Å². The number of esters is 1. The molecule has 0 aliphatic carbocycles. The summed E-state index contributed by atoms with van der Waals surface area (Å²) in [7, 11) is 1.32. The molecular weight excluding hydrogens is 295 g/mol. The highest BCUT2D eigenvalue weighted by molar-refractivity contribution is 9.08. The lowest BCUT2D eigenvalue weighted by Crippen LogP contribution is -2.24. The summed E-state index contributed by atoms with van der Waals surface area (Å²) in [5, 5.41) is 1.25. The van der Waals surface area contributed by atoms with Crippen molar-refractivity contribution in [3.63, 3.8) is 0 Å². The third kappa shape index (κ3) is 3.68. The summed E-state index contributed by atoms with van der Waals surface area (Å²) in [6.45, 7) is 1.63. The molecule has 3 nitrogen and oxygen atoms in total. The Morgan fingerprint density at radius 1 is 1.50 bits per heavy atom. The molecule has 0 aromatic heterocycles. The molecule has 1 aromatic carbocycles. The summed E-state index contributed by atoms with van der Waals surface area (Å²) in [6.07, 6.45) is -0.647. The molecule has 0 amide bonds. The number of benzene rings is 1. The number of hydrogen-bond donors (Lipinski definition) is 0. The van der Waals surface area contributed by atoms with Crippen LogP contribution in [0.5, 0.6) is 5.75 Å². The Hall–Kier alpha value is -0.740. The Balaban J connectivity index is 2.80. The lowest BCUT2D eigenvalue weighted by molar-refractivity contribution is -0.147. The van der Waals surface area contributed by atoms with Crippen molar-refractivity contribution in [3.8, 4) is 5.75 Å². The SMILES string of the molecule is COC(=O)C(C)Oc1cc(Cl)cc(CBr)c1. The third-order valence-corrected chi connectivity index (χ3v) is 2.80. The number of alkyl halides is 1. The lowest BCUT2D eigenvalue weighted by Gasteiger charge is -2.13. The molecule has 0 heterocycles. The Morgan fingerprint density at radius 2 is 2.19 bits per heavy atom. The predicted octanol–water partition coefficient (Wildman–Crippen LogP) is 3.18. The first kappa shape index (κ1) is 13.3. The van der Waals surface area contributed by atoms with E-state index in [9.17, 15) is 4.79 Å². The van der Waals surface area contributed by atoms with Crippen molar-refractivity contribution in [3.05, 3.63) is 28.8 Å². The van der Waals surface area contributed by atoms with Crippen LogP contribution in [0.4, 0.5) is 0 Å². The normalized spacial score (nSPS) is 12.0. The minimum atomic E-state index is -0.647. The van der Waals surface area contributed by atoms with Gasteiger partial charge in [-0.15, -0.1) is 0 Å². The molecular formula is C11H12BrClO3. The van der Waals surface area contributed by atoms with Crippen LogP contribution in [-0.2, 0) is 14.9 Å². The maximum atomic E-state index is 11.2. The van der Waals surface area contributed by atoms with Gasteiger partial charge in [0.25, 0.3) is 0 Å². The van der Waals surface area contributed by atoms with Crippen LogP contribution in [0, 0.1) is 0 Å². The van der Waals surface area contributed by atoms with Gasteiger partial charge in [0.05, 0.1) is 7.11 Å². The maximum absolute atomic E-state index is 11.2. The van der Waals surface area contributed by atoms with Gasteiger partial charge >= 0.3 is 5.97 Å². The first-order chi connectivity index (χ1) is 7.56. The quantitative estimate of drug-likeness (QED) is 0.633. The summed E-state index contributed by atoms with van der Waals surface area (Å²) < 4.78 is 9.98. The van der Waals surface area contributed by atoms with Crippen LogP contribution in [-0.4, -0.2) is 19.2 Å². The van der Waals surface area contributed by atoms with E-state index in [1.54, 1.807) is 13.0 Å². The highest BCUT2D eigenvalue weighted by Crippen LogP contribution is 2.23. The van der Waals surface area contributed by atoms with Crippen molar-refractivity contribution >= 4 is 33.5 Å². The zero-order valence-corrected chi connectivity index (χ0v) is 11.3. The van der Waals surface area contributed by atoms with Crippen LogP contribution in [0.25, 0.3) is 0 Å². The van der Waals surface area contributed by atoms with Crippen molar-refractivity contribution < 1.29 is 14.3 Å². The Morgan fingerprint density at radius 3 is 2.75 bits per heavy atom. The number of halogens is 2. The fourth-order valence-corrected chi connectivity index (χ4v) is 1.76. The van der Waals surface area contributed by atoms with Crippen LogP contribution in [0.1, 0.15) is 12.5 Å². The van der Waals surface area contributed by atoms with E-state index < -0.39 is 12.1 Å². The molecule has 0 aliphatic rings. The zero-order valence-electron chi connectivity index (χ0n) is 9.00. The van der Waals surface area contributed by atoms with Crippen LogP contribution < -0.4 is 4.74 Å². The monoisotopic (exact) mass is 306 g/mol. The van der Waals surface area contributed by atoms with Crippen molar-refractivity contribution in [1.29, 1.82) is 0 Å². The Labute approximate surface area is 108 Å². The van der Waals surface area contributed by atoms with E-state index in [0.717, 1.165) is 5.56 Å². The Bertz CT molecular complexity index is 381. The van der Waals surface area contributed by atoms with Crippen LogP contribution in [0.3, 0.4) is 0 Å². The molecule has 0 aliphatic heterocycles. The van der Waals surface area contributed by atoms with Gasteiger partial charge in [0.2, 0.25) is 0 Å². The van der Waals surface area contributed by atoms with Gasteiger partial charge in [0.15, 0.2) is 6.10 Å². The minimum absolute atomic E-state index is 0.416. The molecule has 0 radical (unpaired) electrons. The topological polar surface area (TPSA) is 35.5 Å². The molecule has 88 valence electrons. The number of carbonyl (C=O) groups is 1. The second-order valence-electron chi connectivity index (χ2n) is 3.21. The van der Waals surface area contributed by atoms with Crippen LogP contribution in [0.15, 0.2) is 18.2 Å². The van der Waals surface area contributed by atoms with Crippen molar-refractivity contribution in [2.75, 3.05) is 7.11 Å². The lowest BCUT2D eigenvalue weighted by atomic mass is 10.2. The minimum Gasteiger partial charge on any atom is -0.479 e. The Kier molecular flexibility index (Phi) is 5.09. The molecule has 1 aromatic rings. The summed E-state index contributed by atoms with van der Waals surface area (Å²) in [5.74, 6) is 0.139. The number of carbonyl (C=O) groups excluding carboxylic acids is 1. The van der Waals surface area contributed by atoms with Crippen molar-refractivity contribution in [2.24, 2.45) is 0 Å². The van der Waals surface area contributed by atoms with Gasteiger partial charge in [-0.1, -0.05) is 27.5 Å². The van der Waals surface area contributed by atoms with E-state index in [0.29, 0.717) is 16.1 Å². The first-order valence-electron chi connectivity index (χ1n) is 4.66. The van der Waals surface area contributed by atoms with Crippen molar-refractivity contribution in [1.82, 2.24) is 0 Å². The second kappa shape index (κ2) is 6.11. The maximum Gasteiger partial charge on any atom is 0.346 e. The summed E-state index contributed by atoms with van der Waals surface area (Å²) in [4.78, 5) is 11.2. The van der Waals surface area contributed by atoms with Gasteiger partial charge in [-0.05, 0) is 30.7 Å². The molecule has 0 bridgehead atoms. The molecule has 0 spiro atoms. The molecule has 0 fully saturated rings. The predicted molar refractivity (Wildman–Crippen MR) is 66.2 cm³/mol. The molecule has 0 N–H and O–H groups in total. The fourth-order valence-electron chi connectivity index (χ4n) is 1.18. The van der Waals surface area contributed by atoms with E-state index in [-0.39, 0.29) is 0 Å². The molecule has 0 saturated carbocycles. The molecule has 0 saturated heterocycles. The highest BCUT2D eigenvalue weighted by Gasteiger charge is 2.15. The smallest absolute Gasteiger partial charge is 0.346 e. The zero-order chi connectivity index (χ0) is 12.1. The summed E-state index contributed by atoms with van der Waals surface area (Å²) in [5.41, 5.74) is 0.986. The van der Waals surface area contributed by atoms with E-state index in [2.05, 4.69) is 20.7 Å². The largest absolute Gasteiger partial charge is 0.479 e. The number of ether oxygens (including phenoxy) is 2. The van der Waals surface area contributed by atoms with Gasteiger partial charge in [-0.25, -0.2) is 4.79 Å². The first-order valence-corrected chi connectivity index (χ1v) is 6.16. The van der Waals surface area contributed by atoms with Crippen LogP contribution in [0.2, 0.25) is 5.02 Å². The summed E-state index contributed by atoms with van der Waals surface area (Å²) in [6, 6.07) is 5.30. The number of methoxy groups -OCH3 is 1. The fraction of sp³-hybridized carbons (Fsp3) is 0.364. The molecule has 1 unspecified atom stereocenters.